The maximum atomic E-state index is 13.6. The first-order valence-corrected chi connectivity index (χ1v) is 28.8. The fourth-order valence-corrected chi connectivity index (χ4v) is 9.57. The molecule has 0 radical (unpaired) electrons. The molecule has 0 aromatic heterocycles. The van der Waals surface area contributed by atoms with Crippen LogP contribution in [0, 0.1) is 0 Å². The number of phosphoric ester groups is 1. The quantitative estimate of drug-likeness (QED) is 0.0347. The van der Waals surface area contributed by atoms with Crippen molar-refractivity contribution in [2.45, 2.75) is 316 Å². The average molecular weight is 853 g/mol. The third kappa shape index (κ3) is 50.4. The predicted octanol–water partition coefficient (Wildman–Crippen LogP) is 20.7. The minimum Gasteiger partial charge on any atom is -0.287 e. The van der Waals surface area contributed by atoms with Crippen LogP contribution in [0.25, 0.3) is 0 Å². The van der Waals surface area contributed by atoms with E-state index < -0.39 is 7.82 Å². The van der Waals surface area contributed by atoms with Gasteiger partial charge in [0.05, 0.1) is 19.8 Å². The normalized spacial score (nSPS) is 12.1. The number of allylic oxidation sites excluding steroid dienone is 2. The summed E-state index contributed by atoms with van der Waals surface area (Å²) in [5.74, 6) is 0. The number of hydrogen-bond donors (Lipinski definition) is 0. The molecule has 59 heavy (non-hydrogen) atoms. The number of hydrogen-bond acceptors (Lipinski definition) is 4. The van der Waals surface area contributed by atoms with Crippen LogP contribution in [0.3, 0.4) is 0 Å². The Kier molecular flexibility index (Phi) is 52.1. The first kappa shape index (κ1) is 58.9. The summed E-state index contributed by atoms with van der Waals surface area (Å²) >= 11 is 0. The molecule has 0 aliphatic carbocycles. The van der Waals surface area contributed by atoms with E-state index in [1.54, 1.807) is 0 Å². The summed E-state index contributed by atoms with van der Waals surface area (Å²) in [6, 6.07) is 0. The fourth-order valence-electron chi connectivity index (χ4n) is 8.29. The van der Waals surface area contributed by atoms with E-state index in [0.29, 0.717) is 19.8 Å². The highest BCUT2D eigenvalue weighted by Crippen LogP contribution is 2.50. The van der Waals surface area contributed by atoms with Gasteiger partial charge in [-0.15, -0.1) is 0 Å². The highest BCUT2D eigenvalue weighted by atomic mass is 31.2. The maximum Gasteiger partial charge on any atom is 0.474 e. The summed E-state index contributed by atoms with van der Waals surface area (Å²) in [5, 5.41) is 0. The van der Waals surface area contributed by atoms with Crippen molar-refractivity contribution in [3.63, 3.8) is 0 Å². The summed E-state index contributed by atoms with van der Waals surface area (Å²) in [5.41, 5.74) is 0. The van der Waals surface area contributed by atoms with Gasteiger partial charge in [0, 0.05) is 0 Å². The molecule has 0 unspecified atom stereocenters. The van der Waals surface area contributed by atoms with Crippen LogP contribution in [-0.2, 0) is 18.1 Å². The molecule has 0 aromatic rings. The van der Waals surface area contributed by atoms with Crippen LogP contribution < -0.4 is 0 Å². The van der Waals surface area contributed by atoms with Gasteiger partial charge in [0.15, 0.2) is 0 Å². The topological polar surface area (TPSA) is 44.8 Å². The van der Waals surface area contributed by atoms with E-state index in [9.17, 15) is 4.57 Å². The first-order valence-electron chi connectivity index (χ1n) is 27.4. The van der Waals surface area contributed by atoms with Gasteiger partial charge in [-0.3, -0.25) is 13.6 Å². The zero-order valence-corrected chi connectivity index (χ0v) is 41.8. The van der Waals surface area contributed by atoms with Gasteiger partial charge >= 0.3 is 7.82 Å². The minimum atomic E-state index is -3.50. The predicted molar refractivity (Wildman–Crippen MR) is 264 cm³/mol. The number of phosphoric acid groups is 1. The third-order valence-electron chi connectivity index (χ3n) is 12.4. The van der Waals surface area contributed by atoms with Gasteiger partial charge in [0.25, 0.3) is 0 Å². The van der Waals surface area contributed by atoms with E-state index in [2.05, 4.69) is 32.9 Å². The molecule has 0 aromatic carbocycles. The van der Waals surface area contributed by atoms with Crippen LogP contribution in [0.15, 0.2) is 12.2 Å². The molecule has 0 bridgehead atoms. The van der Waals surface area contributed by atoms with Crippen LogP contribution in [0.5, 0.6) is 0 Å². The van der Waals surface area contributed by atoms with E-state index in [-0.39, 0.29) is 0 Å². The summed E-state index contributed by atoms with van der Waals surface area (Å²) in [7, 11) is -3.50. The van der Waals surface area contributed by atoms with Gasteiger partial charge in [-0.2, -0.15) is 0 Å². The molecular weight excluding hydrogens is 744 g/mol. The minimum absolute atomic E-state index is 0.469. The second-order valence-electron chi connectivity index (χ2n) is 18.5. The Morgan fingerprint density at radius 2 is 0.424 bits per heavy atom. The number of unbranched alkanes of at least 4 members (excludes halogenated alkanes) is 42. The van der Waals surface area contributed by atoms with Crippen LogP contribution >= 0.6 is 7.82 Å². The Morgan fingerprint density at radius 1 is 0.254 bits per heavy atom. The van der Waals surface area contributed by atoms with Crippen LogP contribution in [0.1, 0.15) is 316 Å². The maximum absolute atomic E-state index is 13.6. The molecule has 0 amide bonds. The molecule has 0 N–H and O–H groups in total. The van der Waals surface area contributed by atoms with Crippen LogP contribution in [0.4, 0.5) is 0 Å². The van der Waals surface area contributed by atoms with Crippen molar-refractivity contribution >= 4 is 7.82 Å². The van der Waals surface area contributed by atoms with Crippen molar-refractivity contribution in [3.8, 4) is 0 Å². The molecule has 354 valence electrons. The van der Waals surface area contributed by atoms with Crippen molar-refractivity contribution in [1.82, 2.24) is 0 Å². The van der Waals surface area contributed by atoms with Crippen molar-refractivity contribution in [2.24, 2.45) is 0 Å². The Morgan fingerprint density at radius 3 is 0.627 bits per heavy atom. The highest BCUT2D eigenvalue weighted by Gasteiger charge is 2.26. The highest BCUT2D eigenvalue weighted by molar-refractivity contribution is 7.48. The molecule has 5 heteroatoms. The average Bonchev–Trinajstić information content (AvgIpc) is 3.24. The van der Waals surface area contributed by atoms with E-state index in [1.165, 1.54) is 257 Å². The lowest BCUT2D eigenvalue weighted by molar-refractivity contribution is 0.108. The largest absolute Gasteiger partial charge is 0.474 e. The standard InChI is InChI=1S/C54H109O4P/c1-4-7-10-13-16-19-22-25-28-31-34-37-40-43-46-49-52-56-59(55,57-53-50-47-44-41-38-35-32-29-26-23-20-17-14-11-8-5-2)58-54-51-48-45-42-39-36-33-30-27-24-21-18-15-12-9-6-3/h25,28H,4-24,26-27,29-54H2,1-3H3/b28-25-. The lowest BCUT2D eigenvalue weighted by Crippen LogP contribution is -2.04. The van der Waals surface area contributed by atoms with Gasteiger partial charge in [0.2, 0.25) is 0 Å². The zero-order chi connectivity index (χ0) is 42.7. The van der Waals surface area contributed by atoms with Crippen LogP contribution in [0.2, 0.25) is 0 Å². The zero-order valence-electron chi connectivity index (χ0n) is 40.9. The summed E-state index contributed by atoms with van der Waals surface area (Å²) in [4.78, 5) is 0. The monoisotopic (exact) mass is 853 g/mol. The fraction of sp³-hybridized carbons (Fsp3) is 0.963. The SMILES string of the molecule is CCCCCCCC/C=C\CCCCCCCCOP(=O)(OCCCCCCCCCCCCCCCCCC)OCCCCCCCCCCCCCCCCCC. The number of rotatable bonds is 53. The molecule has 0 spiro atoms. The molecule has 0 atom stereocenters. The molecular formula is C54H109O4P. The molecule has 0 aliphatic heterocycles. The van der Waals surface area contributed by atoms with Crippen molar-refractivity contribution in [1.29, 1.82) is 0 Å². The first-order chi connectivity index (χ1) is 29.2. The van der Waals surface area contributed by atoms with Gasteiger partial charge in [-0.05, 0) is 44.9 Å². The van der Waals surface area contributed by atoms with Crippen LogP contribution in [-0.4, -0.2) is 19.8 Å². The Bertz CT molecular complexity index is 789. The van der Waals surface area contributed by atoms with Crippen molar-refractivity contribution in [2.75, 3.05) is 19.8 Å². The molecule has 0 saturated heterocycles. The Balaban J connectivity index is 4.12. The van der Waals surface area contributed by atoms with Crippen molar-refractivity contribution < 1.29 is 18.1 Å². The molecule has 0 heterocycles. The van der Waals surface area contributed by atoms with Gasteiger partial charge in [0.1, 0.15) is 0 Å². The smallest absolute Gasteiger partial charge is 0.287 e. The lowest BCUT2D eigenvalue weighted by atomic mass is 10.0. The molecule has 0 saturated carbocycles. The molecule has 4 nitrogen and oxygen atoms in total. The second-order valence-corrected chi connectivity index (χ2v) is 20.2. The molecule has 0 aliphatic rings. The summed E-state index contributed by atoms with van der Waals surface area (Å²) in [6.07, 6.45) is 65.7. The molecule has 0 rings (SSSR count). The van der Waals surface area contributed by atoms with Gasteiger partial charge in [-0.1, -0.05) is 283 Å². The summed E-state index contributed by atoms with van der Waals surface area (Å²) in [6.45, 7) is 8.29. The molecule has 0 fully saturated rings. The Labute approximate surface area is 372 Å². The third-order valence-corrected chi connectivity index (χ3v) is 13.9. The van der Waals surface area contributed by atoms with E-state index >= 15 is 0 Å². The lowest BCUT2D eigenvalue weighted by Gasteiger charge is -2.18. The Hall–Kier alpha value is -0.150. The van der Waals surface area contributed by atoms with Crippen molar-refractivity contribution in [3.05, 3.63) is 12.2 Å². The second kappa shape index (κ2) is 52.2. The van der Waals surface area contributed by atoms with E-state index in [1.807, 2.05) is 0 Å². The van der Waals surface area contributed by atoms with E-state index in [4.69, 9.17) is 13.6 Å². The van der Waals surface area contributed by atoms with Gasteiger partial charge < -0.3 is 0 Å². The van der Waals surface area contributed by atoms with E-state index in [0.717, 1.165) is 38.5 Å². The van der Waals surface area contributed by atoms with Gasteiger partial charge in [-0.25, -0.2) is 4.57 Å². The summed E-state index contributed by atoms with van der Waals surface area (Å²) < 4.78 is 31.4.